The molecule has 3 unspecified atom stereocenters. The van der Waals surface area contributed by atoms with Gasteiger partial charge in [0.2, 0.25) is 0 Å². The van der Waals surface area contributed by atoms with Gasteiger partial charge in [0.15, 0.2) is 0 Å². The van der Waals surface area contributed by atoms with Crippen LogP contribution in [0.25, 0.3) is 0 Å². The second-order valence-corrected chi connectivity index (χ2v) is 6.11. The van der Waals surface area contributed by atoms with Crippen LogP contribution in [-0.2, 0) is 4.74 Å². The van der Waals surface area contributed by atoms with Crippen molar-refractivity contribution in [2.24, 2.45) is 11.8 Å². The molecule has 3 nitrogen and oxygen atoms in total. The summed E-state index contributed by atoms with van der Waals surface area (Å²) >= 11 is 0. The maximum absolute atomic E-state index is 5.55. The van der Waals surface area contributed by atoms with Gasteiger partial charge in [-0.3, -0.25) is 0 Å². The van der Waals surface area contributed by atoms with Gasteiger partial charge in [-0.2, -0.15) is 0 Å². The smallest absolute Gasteiger partial charge is 0.0510 e. The molecule has 0 aromatic rings. The molecule has 0 spiro atoms. The van der Waals surface area contributed by atoms with Gasteiger partial charge in [0.1, 0.15) is 0 Å². The summed E-state index contributed by atoms with van der Waals surface area (Å²) < 4.78 is 5.55. The van der Waals surface area contributed by atoms with E-state index in [0.717, 1.165) is 26.3 Å². The predicted molar refractivity (Wildman–Crippen MR) is 77.9 cm³/mol. The SMILES string of the molecule is CCCNC(CN(C)C(C)C(C)C)C1CCOC1. The summed E-state index contributed by atoms with van der Waals surface area (Å²) in [5.41, 5.74) is 0. The van der Waals surface area contributed by atoms with Crippen molar-refractivity contribution in [1.29, 1.82) is 0 Å². The van der Waals surface area contributed by atoms with Crippen molar-refractivity contribution in [3.8, 4) is 0 Å². The maximum Gasteiger partial charge on any atom is 0.0510 e. The molecule has 0 aromatic carbocycles. The molecular weight excluding hydrogens is 224 g/mol. The van der Waals surface area contributed by atoms with Gasteiger partial charge in [0.05, 0.1) is 6.61 Å². The van der Waals surface area contributed by atoms with Crippen LogP contribution in [-0.4, -0.2) is 50.3 Å². The van der Waals surface area contributed by atoms with Crippen molar-refractivity contribution in [2.45, 2.75) is 52.6 Å². The van der Waals surface area contributed by atoms with Crippen molar-refractivity contribution in [1.82, 2.24) is 10.2 Å². The van der Waals surface area contributed by atoms with E-state index in [2.05, 4.69) is 45.0 Å². The lowest BCUT2D eigenvalue weighted by Crippen LogP contribution is -2.48. The van der Waals surface area contributed by atoms with Crippen molar-refractivity contribution in [3.05, 3.63) is 0 Å². The molecule has 1 heterocycles. The average Bonchev–Trinajstić information content (AvgIpc) is 2.86. The zero-order valence-electron chi connectivity index (χ0n) is 12.9. The number of nitrogens with one attached hydrogen (secondary N) is 1. The lowest BCUT2D eigenvalue weighted by atomic mass is 9.96. The highest BCUT2D eigenvalue weighted by Crippen LogP contribution is 2.19. The zero-order chi connectivity index (χ0) is 13.5. The molecule has 0 saturated carbocycles. The van der Waals surface area contributed by atoms with Gasteiger partial charge in [-0.25, -0.2) is 0 Å². The molecule has 0 radical (unpaired) electrons. The van der Waals surface area contributed by atoms with Crippen LogP contribution in [0.2, 0.25) is 0 Å². The fourth-order valence-corrected chi connectivity index (χ4v) is 2.57. The van der Waals surface area contributed by atoms with Gasteiger partial charge in [-0.15, -0.1) is 0 Å². The first-order chi connectivity index (χ1) is 8.56. The Balaban J connectivity index is 2.48. The van der Waals surface area contributed by atoms with Crippen LogP contribution in [0.5, 0.6) is 0 Å². The highest BCUT2D eigenvalue weighted by molar-refractivity contribution is 4.83. The van der Waals surface area contributed by atoms with Gasteiger partial charge in [0, 0.05) is 31.2 Å². The summed E-state index contributed by atoms with van der Waals surface area (Å²) in [6, 6.07) is 1.22. The van der Waals surface area contributed by atoms with Gasteiger partial charge >= 0.3 is 0 Å². The van der Waals surface area contributed by atoms with E-state index in [1.807, 2.05) is 0 Å². The molecule has 1 saturated heterocycles. The third kappa shape index (κ3) is 4.87. The second-order valence-electron chi connectivity index (χ2n) is 6.11. The summed E-state index contributed by atoms with van der Waals surface area (Å²) in [6.45, 7) is 13.3. The van der Waals surface area contributed by atoms with Crippen molar-refractivity contribution in [2.75, 3.05) is 33.4 Å². The van der Waals surface area contributed by atoms with E-state index >= 15 is 0 Å². The number of rotatable bonds is 8. The van der Waals surface area contributed by atoms with E-state index in [0.29, 0.717) is 23.9 Å². The number of likely N-dealkylation sites (N-methyl/N-ethyl adjacent to an activating group) is 1. The fourth-order valence-electron chi connectivity index (χ4n) is 2.57. The quantitative estimate of drug-likeness (QED) is 0.721. The van der Waals surface area contributed by atoms with Crippen LogP contribution in [0, 0.1) is 11.8 Å². The number of nitrogens with zero attached hydrogens (tertiary/aromatic N) is 1. The second kappa shape index (κ2) is 8.13. The fraction of sp³-hybridized carbons (Fsp3) is 1.00. The number of hydrogen-bond donors (Lipinski definition) is 1. The van der Waals surface area contributed by atoms with Gasteiger partial charge < -0.3 is 15.0 Å². The molecular formula is C15H32N2O. The molecule has 0 bridgehead atoms. The Bertz CT molecular complexity index is 215. The van der Waals surface area contributed by atoms with Crippen LogP contribution in [0.15, 0.2) is 0 Å². The molecule has 1 rings (SSSR count). The minimum Gasteiger partial charge on any atom is -0.381 e. The Morgan fingerprint density at radius 2 is 2.06 bits per heavy atom. The lowest BCUT2D eigenvalue weighted by molar-refractivity contribution is 0.145. The Hall–Kier alpha value is -0.120. The molecule has 1 N–H and O–H groups in total. The van der Waals surface area contributed by atoms with Crippen molar-refractivity contribution >= 4 is 0 Å². The van der Waals surface area contributed by atoms with E-state index < -0.39 is 0 Å². The highest BCUT2D eigenvalue weighted by Gasteiger charge is 2.27. The van der Waals surface area contributed by atoms with Crippen molar-refractivity contribution in [3.63, 3.8) is 0 Å². The summed E-state index contributed by atoms with van der Waals surface area (Å²) in [5, 5.41) is 3.71. The van der Waals surface area contributed by atoms with E-state index in [1.165, 1.54) is 12.8 Å². The molecule has 3 atom stereocenters. The van der Waals surface area contributed by atoms with Gasteiger partial charge in [0.25, 0.3) is 0 Å². The summed E-state index contributed by atoms with van der Waals surface area (Å²) in [7, 11) is 2.25. The largest absolute Gasteiger partial charge is 0.381 e. The normalized spacial score (nSPS) is 23.8. The van der Waals surface area contributed by atoms with Crippen LogP contribution in [0.4, 0.5) is 0 Å². The number of ether oxygens (including phenoxy) is 1. The highest BCUT2D eigenvalue weighted by atomic mass is 16.5. The third-order valence-corrected chi connectivity index (χ3v) is 4.34. The molecule has 18 heavy (non-hydrogen) atoms. The van der Waals surface area contributed by atoms with Crippen LogP contribution < -0.4 is 5.32 Å². The van der Waals surface area contributed by atoms with Gasteiger partial charge in [-0.1, -0.05) is 20.8 Å². The molecule has 1 fully saturated rings. The molecule has 0 aliphatic carbocycles. The van der Waals surface area contributed by atoms with E-state index in [9.17, 15) is 0 Å². The minimum absolute atomic E-state index is 0.582. The van der Waals surface area contributed by atoms with E-state index in [-0.39, 0.29) is 0 Å². The lowest BCUT2D eigenvalue weighted by Gasteiger charge is -2.34. The van der Waals surface area contributed by atoms with E-state index in [1.54, 1.807) is 0 Å². The molecule has 0 amide bonds. The Labute approximate surface area is 113 Å². The monoisotopic (exact) mass is 256 g/mol. The molecule has 0 aromatic heterocycles. The summed E-state index contributed by atoms with van der Waals surface area (Å²) in [5.74, 6) is 1.40. The van der Waals surface area contributed by atoms with E-state index in [4.69, 9.17) is 4.74 Å². The Morgan fingerprint density at radius 1 is 1.33 bits per heavy atom. The molecule has 3 heteroatoms. The minimum atomic E-state index is 0.582. The third-order valence-electron chi connectivity index (χ3n) is 4.34. The molecule has 1 aliphatic rings. The van der Waals surface area contributed by atoms with Crippen LogP contribution in [0.1, 0.15) is 40.5 Å². The maximum atomic E-state index is 5.55. The first-order valence-corrected chi connectivity index (χ1v) is 7.57. The van der Waals surface area contributed by atoms with Crippen LogP contribution in [0.3, 0.4) is 0 Å². The van der Waals surface area contributed by atoms with Crippen LogP contribution >= 0.6 is 0 Å². The molecule has 108 valence electrons. The summed E-state index contributed by atoms with van der Waals surface area (Å²) in [6.07, 6.45) is 2.42. The van der Waals surface area contributed by atoms with Gasteiger partial charge in [-0.05, 0) is 39.3 Å². The Kier molecular flexibility index (Phi) is 7.20. The summed E-state index contributed by atoms with van der Waals surface area (Å²) in [4.78, 5) is 2.50. The molecule has 1 aliphatic heterocycles. The standard InChI is InChI=1S/C15H32N2O/c1-6-8-16-15(14-7-9-18-11-14)10-17(5)13(4)12(2)3/h12-16H,6-11H2,1-5H3. The average molecular weight is 256 g/mol. The first-order valence-electron chi connectivity index (χ1n) is 7.57. The predicted octanol–water partition coefficient (Wildman–Crippen LogP) is 2.37. The Morgan fingerprint density at radius 3 is 2.56 bits per heavy atom. The first kappa shape index (κ1) is 15.9. The topological polar surface area (TPSA) is 24.5 Å². The number of hydrogen-bond acceptors (Lipinski definition) is 3. The zero-order valence-corrected chi connectivity index (χ0v) is 12.9. The van der Waals surface area contributed by atoms with Crippen molar-refractivity contribution < 1.29 is 4.74 Å².